The van der Waals surface area contributed by atoms with Crippen LogP contribution in [-0.2, 0) is 0 Å². The normalized spacial score (nSPS) is 11.3. The van der Waals surface area contributed by atoms with Gasteiger partial charge in [0.05, 0.1) is 0 Å². The zero-order valence-corrected chi connectivity index (χ0v) is 6.82. The van der Waals surface area contributed by atoms with E-state index in [9.17, 15) is 0 Å². The van der Waals surface area contributed by atoms with E-state index in [1.54, 1.807) is 15.9 Å². The molecular weight excluding hydrogens is 172 g/mol. The Bertz CT molecular complexity index is 447. The first-order valence-electron chi connectivity index (χ1n) is 3.47. The van der Waals surface area contributed by atoms with Crippen LogP contribution in [0.5, 0.6) is 0 Å². The van der Waals surface area contributed by atoms with Crippen molar-refractivity contribution < 1.29 is 0 Å². The Labute approximate surface area is 71.5 Å². The molecule has 0 amide bonds. The number of nitrogens with zero attached hydrogens (tertiary/aromatic N) is 4. The van der Waals surface area contributed by atoms with E-state index in [1.807, 2.05) is 17.6 Å². The lowest BCUT2D eigenvalue weighted by atomic mass is 10.4. The average Bonchev–Trinajstić information content (AvgIpc) is 2.64. The molecule has 0 bridgehead atoms. The fourth-order valence-electron chi connectivity index (χ4n) is 1.14. The van der Waals surface area contributed by atoms with Crippen LogP contribution in [0.3, 0.4) is 0 Å². The Kier molecular flexibility index (Phi) is 1.02. The van der Waals surface area contributed by atoms with Crippen molar-refractivity contribution in [3.05, 3.63) is 24.0 Å². The lowest BCUT2D eigenvalue weighted by Crippen LogP contribution is -1.88. The van der Waals surface area contributed by atoms with Crippen molar-refractivity contribution in [2.75, 3.05) is 0 Å². The zero-order valence-electron chi connectivity index (χ0n) is 6.01. The topological polar surface area (TPSA) is 43.1 Å². The molecule has 0 atom stereocenters. The number of thiophene rings is 1. The van der Waals surface area contributed by atoms with Crippen molar-refractivity contribution in [3.63, 3.8) is 0 Å². The van der Waals surface area contributed by atoms with Gasteiger partial charge in [0, 0.05) is 11.6 Å². The predicted molar refractivity (Wildman–Crippen MR) is 46.2 cm³/mol. The summed E-state index contributed by atoms with van der Waals surface area (Å²) < 4.78 is 1.68. The molecule has 0 unspecified atom stereocenters. The third kappa shape index (κ3) is 0.683. The van der Waals surface area contributed by atoms with Crippen LogP contribution in [-0.4, -0.2) is 19.6 Å². The van der Waals surface area contributed by atoms with E-state index in [4.69, 9.17) is 0 Å². The van der Waals surface area contributed by atoms with Gasteiger partial charge < -0.3 is 0 Å². The van der Waals surface area contributed by atoms with Gasteiger partial charge in [0.2, 0.25) is 0 Å². The highest BCUT2D eigenvalue weighted by Gasteiger charge is 2.00. The molecule has 3 aromatic heterocycles. The molecule has 0 saturated heterocycles. The largest absolute Gasteiger partial charge is 0.253 e. The lowest BCUT2D eigenvalue weighted by molar-refractivity contribution is 0.954. The minimum atomic E-state index is 0.657. The second kappa shape index (κ2) is 2.01. The van der Waals surface area contributed by atoms with Crippen molar-refractivity contribution in [1.29, 1.82) is 0 Å². The molecule has 3 aromatic rings. The van der Waals surface area contributed by atoms with Crippen LogP contribution in [0.2, 0.25) is 0 Å². The van der Waals surface area contributed by atoms with Gasteiger partial charge >= 0.3 is 0 Å². The summed E-state index contributed by atoms with van der Waals surface area (Å²) in [5, 5.41) is 7.12. The Hall–Kier alpha value is -1.49. The molecule has 5 heteroatoms. The van der Waals surface area contributed by atoms with Gasteiger partial charge in [0.25, 0.3) is 5.78 Å². The summed E-state index contributed by atoms with van der Waals surface area (Å²) in [7, 11) is 0. The molecule has 0 aliphatic rings. The van der Waals surface area contributed by atoms with Gasteiger partial charge in [-0.1, -0.05) is 0 Å². The summed E-state index contributed by atoms with van der Waals surface area (Å²) in [5.41, 5.74) is 0. The van der Waals surface area contributed by atoms with Crippen molar-refractivity contribution >= 4 is 27.3 Å². The van der Waals surface area contributed by atoms with Gasteiger partial charge in [-0.05, 0) is 11.4 Å². The minimum Gasteiger partial charge on any atom is -0.204 e. The first-order chi connectivity index (χ1) is 5.93. The summed E-state index contributed by atoms with van der Waals surface area (Å²) in [6, 6.07) is 2.02. The molecule has 0 N–H and O–H groups in total. The van der Waals surface area contributed by atoms with Gasteiger partial charge in [-0.25, -0.2) is 4.52 Å². The average molecular weight is 176 g/mol. The fourth-order valence-corrected chi connectivity index (χ4v) is 1.87. The van der Waals surface area contributed by atoms with Gasteiger partial charge in [-0.2, -0.15) is 15.1 Å². The van der Waals surface area contributed by atoms with Crippen molar-refractivity contribution in [2.45, 2.75) is 0 Å². The van der Waals surface area contributed by atoms with Gasteiger partial charge in [0.1, 0.15) is 11.2 Å². The van der Waals surface area contributed by atoms with E-state index < -0.39 is 0 Å². The van der Waals surface area contributed by atoms with Crippen molar-refractivity contribution in [2.24, 2.45) is 0 Å². The van der Waals surface area contributed by atoms with Crippen LogP contribution in [0.25, 0.3) is 16.0 Å². The molecule has 58 valence electrons. The molecule has 4 nitrogen and oxygen atoms in total. The Morgan fingerprint density at radius 3 is 3.42 bits per heavy atom. The van der Waals surface area contributed by atoms with E-state index in [0.717, 1.165) is 10.2 Å². The van der Waals surface area contributed by atoms with Crippen LogP contribution in [0.4, 0.5) is 0 Å². The second-order valence-corrected chi connectivity index (χ2v) is 3.32. The molecule has 0 saturated carbocycles. The number of rotatable bonds is 0. The highest BCUT2D eigenvalue weighted by atomic mass is 32.1. The van der Waals surface area contributed by atoms with Crippen LogP contribution in [0.1, 0.15) is 0 Å². The van der Waals surface area contributed by atoms with Crippen molar-refractivity contribution in [3.8, 4) is 0 Å². The summed E-state index contributed by atoms with van der Waals surface area (Å²) in [4.78, 5) is 9.31. The van der Waals surface area contributed by atoms with Gasteiger partial charge in [-0.15, -0.1) is 11.3 Å². The quantitative estimate of drug-likeness (QED) is 0.519. The lowest BCUT2D eigenvalue weighted by Gasteiger charge is -1.89. The second-order valence-electron chi connectivity index (χ2n) is 2.43. The SMILES string of the molecule is c1nc2nc3sccc3cn2n1. The summed E-state index contributed by atoms with van der Waals surface area (Å²) in [6.45, 7) is 0. The van der Waals surface area contributed by atoms with Crippen molar-refractivity contribution in [1.82, 2.24) is 19.6 Å². The van der Waals surface area contributed by atoms with E-state index in [2.05, 4.69) is 15.1 Å². The van der Waals surface area contributed by atoms with Crippen LogP contribution >= 0.6 is 11.3 Å². The predicted octanol–water partition coefficient (Wildman–Crippen LogP) is 1.34. The summed E-state index contributed by atoms with van der Waals surface area (Å²) >= 11 is 1.61. The van der Waals surface area contributed by atoms with Gasteiger partial charge in [-0.3, -0.25) is 0 Å². The zero-order chi connectivity index (χ0) is 7.97. The molecule has 0 aliphatic heterocycles. The Morgan fingerprint density at radius 1 is 1.42 bits per heavy atom. The highest BCUT2D eigenvalue weighted by molar-refractivity contribution is 7.16. The molecule has 3 heterocycles. The molecule has 0 spiro atoms. The first-order valence-corrected chi connectivity index (χ1v) is 4.35. The summed E-state index contributed by atoms with van der Waals surface area (Å²) in [5.74, 6) is 0.657. The third-order valence-corrected chi connectivity index (χ3v) is 2.51. The number of fused-ring (bicyclic) bond motifs is 2. The maximum Gasteiger partial charge on any atom is 0.253 e. The number of hydrogen-bond donors (Lipinski definition) is 0. The molecule has 0 aromatic carbocycles. The molecule has 0 radical (unpaired) electrons. The fraction of sp³-hybridized carbons (Fsp3) is 0. The monoisotopic (exact) mass is 176 g/mol. The van der Waals surface area contributed by atoms with Crippen LogP contribution in [0, 0.1) is 0 Å². The van der Waals surface area contributed by atoms with Crippen LogP contribution < -0.4 is 0 Å². The third-order valence-electron chi connectivity index (χ3n) is 1.69. The number of hydrogen-bond acceptors (Lipinski definition) is 4. The molecule has 12 heavy (non-hydrogen) atoms. The number of aromatic nitrogens is 4. The van der Waals surface area contributed by atoms with Crippen LogP contribution in [0.15, 0.2) is 24.0 Å². The van der Waals surface area contributed by atoms with E-state index in [1.165, 1.54) is 6.33 Å². The Morgan fingerprint density at radius 2 is 2.42 bits per heavy atom. The minimum absolute atomic E-state index is 0.657. The molecule has 0 aliphatic carbocycles. The first kappa shape index (κ1) is 6.07. The van der Waals surface area contributed by atoms with E-state index in [0.29, 0.717) is 5.78 Å². The standard InChI is InChI=1S/C7H4N4S/c1-2-12-6-5(1)3-11-7(10-6)8-4-9-11/h1-4H. The molecule has 3 rings (SSSR count). The van der Waals surface area contributed by atoms with Gasteiger partial charge in [0.15, 0.2) is 0 Å². The highest BCUT2D eigenvalue weighted by Crippen LogP contribution is 2.17. The molecular formula is C7H4N4S. The van der Waals surface area contributed by atoms with E-state index >= 15 is 0 Å². The smallest absolute Gasteiger partial charge is 0.204 e. The maximum atomic E-state index is 4.31. The summed E-state index contributed by atoms with van der Waals surface area (Å²) in [6.07, 6.45) is 3.44. The maximum absolute atomic E-state index is 4.31. The Balaban J connectivity index is 2.62. The molecule has 0 fully saturated rings. The van der Waals surface area contributed by atoms with E-state index in [-0.39, 0.29) is 0 Å².